The second-order valence-electron chi connectivity index (χ2n) is 5.05. The highest BCUT2D eigenvalue weighted by atomic mass is 32.2. The number of carbonyl (C=O) groups is 1. The maximum atomic E-state index is 11.8. The number of nitrogens with zero attached hydrogens (tertiary/aromatic N) is 2. The van der Waals surface area contributed by atoms with E-state index in [0.29, 0.717) is 11.3 Å². The molecule has 1 aromatic rings. The fourth-order valence-electron chi connectivity index (χ4n) is 2.50. The van der Waals surface area contributed by atoms with Gasteiger partial charge in [-0.3, -0.25) is 4.79 Å². The average molecular weight is 284 g/mol. The first-order valence-corrected chi connectivity index (χ1v) is 7.94. The molecule has 1 heterocycles. The van der Waals surface area contributed by atoms with E-state index in [-0.39, 0.29) is 5.91 Å². The van der Waals surface area contributed by atoms with Gasteiger partial charge in [0.1, 0.15) is 5.51 Å². The van der Waals surface area contributed by atoms with Gasteiger partial charge in [-0.25, -0.2) is 0 Å². The van der Waals surface area contributed by atoms with Crippen LogP contribution in [-0.2, 0) is 4.79 Å². The SMILES string of the molecule is NC(=O)C1(NC2CC2)CCC(Sc2nncs2)C1. The molecule has 3 rings (SSSR count). The number of nitrogens with one attached hydrogen (secondary N) is 1. The number of amides is 1. The zero-order chi connectivity index (χ0) is 12.6. The van der Waals surface area contributed by atoms with Gasteiger partial charge in [-0.15, -0.1) is 10.2 Å². The van der Waals surface area contributed by atoms with E-state index in [1.165, 1.54) is 12.8 Å². The maximum absolute atomic E-state index is 11.8. The molecule has 7 heteroatoms. The molecule has 18 heavy (non-hydrogen) atoms. The van der Waals surface area contributed by atoms with Crippen LogP contribution >= 0.6 is 23.1 Å². The molecule has 1 amide bonds. The van der Waals surface area contributed by atoms with E-state index in [1.807, 2.05) is 0 Å². The molecule has 0 aromatic carbocycles. The summed E-state index contributed by atoms with van der Waals surface area (Å²) in [6.07, 6.45) is 5.00. The molecule has 2 saturated carbocycles. The Balaban J connectivity index is 1.65. The Hall–Kier alpha value is -0.660. The maximum Gasteiger partial charge on any atom is 0.237 e. The van der Waals surface area contributed by atoms with E-state index in [0.717, 1.165) is 23.6 Å². The van der Waals surface area contributed by atoms with Gasteiger partial charge in [0, 0.05) is 11.3 Å². The first kappa shape index (κ1) is 12.4. The predicted octanol–water partition coefficient (Wildman–Crippen LogP) is 1.16. The molecule has 0 aliphatic heterocycles. The van der Waals surface area contributed by atoms with Gasteiger partial charge in [-0.1, -0.05) is 23.1 Å². The van der Waals surface area contributed by atoms with Crippen LogP contribution in [0.1, 0.15) is 32.1 Å². The highest BCUT2D eigenvalue weighted by molar-refractivity contribution is 8.01. The summed E-state index contributed by atoms with van der Waals surface area (Å²) in [4.78, 5) is 11.8. The minimum Gasteiger partial charge on any atom is -0.368 e. The molecule has 0 spiro atoms. The first-order valence-electron chi connectivity index (χ1n) is 6.18. The molecule has 2 unspecified atom stereocenters. The summed E-state index contributed by atoms with van der Waals surface area (Å²) >= 11 is 3.27. The lowest BCUT2D eigenvalue weighted by atomic mass is 9.96. The Kier molecular flexibility index (Phi) is 3.29. The highest BCUT2D eigenvalue weighted by Crippen LogP contribution is 2.41. The summed E-state index contributed by atoms with van der Waals surface area (Å²) in [5.74, 6) is -0.199. The van der Waals surface area contributed by atoms with Crippen LogP contribution in [0.4, 0.5) is 0 Å². The molecule has 2 fully saturated rings. The number of thioether (sulfide) groups is 1. The fraction of sp³-hybridized carbons (Fsp3) is 0.727. The summed E-state index contributed by atoms with van der Waals surface area (Å²) in [5, 5.41) is 11.7. The number of nitrogens with two attached hydrogens (primary N) is 1. The topological polar surface area (TPSA) is 80.9 Å². The van der Waals surface area contributed by atoms with Gasteiger partial charge in [0.2, 0.25) is 5.91 Å². The minimum atomic E-state index is -0.483. The number of hydrogen-bond donors (Lipinski definition) is 2. The van der Waals surface area contributed by atoms with Crippen molar-refractivity contribution in [3.63, 3.8) is 0 Å². The van der Waals surface area contributed by atoms with E-state index < -0.39 is 5.54 Å². The molecule has 5 nitrogen and oxygen atoms in total. The second kappa shape index (κ2) is 4.79. The third-order valence-corrected chi connectivity index (χ3v) is 5.69. The number of aromatic nitrogens is 2. The molecule has 1 aromatic heterocycles. The minimum absolute atomic E-state index is 0.199. The number of primary amides is 1. The quantitative estimate of drug-likeness (QED) is 0.848. The van der Waals surface area contributed by atoms with Crippen LogP contribution in [0.5, 0.6) is 0 Å². The van der Waals surface area contributed by atoms with Crippen molar-refractivity contribution in [2.24, 2.45) is 5.73 Å². The molecular weight excluding hydrogens is 268 g/mol. The van der Waals surface area contributed by atoms with E-state index in [4.69, 9.17) is 5.73 Å². The monoisotopic (exact) mass is 284 g/mol. The molecule has 2 atom stereocenters. The van der Waals surface area contributed by atoms with Gasteiger partial charge in [-0.2, -0.15) is 0 Å². The summed E-state index contributed by atoms with van der Waals surface area (Å²) in [6.45, 7) is 0. The molecule has 98 valence electrons. The lowest BCUT2D eigenvalue weighted by Crippen LogP contribution is -2.54. The molecular formula is C11H16N4OS2. The van der Waals surface area contributed by atoms with Crippen LogP contribution in [0.25, 0.3) is 0 Å². The molecule has 0 radical (unpaired) electrons. The average Bonchev–Trinajstić information content (AvgIpc) is 2.84. The first-order chi connectivity index (χ1) is 8.68. The number of rotatable bonds is 5. The van der Waals surface area contributed by atoms with Crippen LogP contribution in [0.15, 0.2) is 9.85 Å². The highest BCUT2D eigenvalue weighted by Gasteiger charge is 2.47. The van der Waals surface area contributed by atoms with E-state index >= 15 is 0 Å². The summed E-state index contributed by atoms with van der Waals surface area (Å²) < 4.78 is 0.978. The van der Waals surface area contributed by atoms with Crippen molar-refractivity contribution < 1.29 is 4.79 Å². The van der Waals surface area contributed by atoms with Crippen LogP contribution < -0.4 is 11.1 Å². The molecule has 2 aliphatic carbocycles. The van der Waals surface area contributed by atoms with Crippen molar-refractivity contribution in [3.05, 3.63) is 5.51 Å². The van der Waals surface area contributed by atoms with Gasteiger partial charge in [0.05, 0.1) is 5.54 Å². The van der Waals surface area contributed by atoms with Crippen LogP contribution in [-0.4, -0.2) is 32.9 Å². The normalized spacial score (nSPS) is 31.7. The van der Waals surface area contributed by atoms with Gasteiger partial charge in [0.25, 0.3) is 0 Å². The number of hydrogen-bond acceptors (Lipinski definition) is 6. The fourth-order valence-corrected chi connectivity index (χ4v) is 4.52. The Morgan fingerprint density at radius 3 is 3.00 bits per heavy atom. The Bertz CT molecular complexity index is 434. The zero-order valence-electron chi connectivity index (χ0n) is 9.96. The Labute approximate surface area is 114 Å². The lowest BCUT2D eigenvalue weighted by molar-refractivity contribution is -0.124. The molecule has 3 N–H and O–H groups in total. The van der Waals surface area contributed by atoms with Gasteiger partial charge < -0.3 is 11.1 Å². The van der Waals surface area contributed by atoms with Crippen molar-refractivity contribution >= 4 is 29.0 Å². The third kappa shape index (κ3) is 2.53. The van der Waals surface area contributed by atoms with Crippen molar-refractivity contribution in [2.45, 2.75) is 53.3 Å². The smallest absolute Gasteiger partial charge is 0.237 e. The van der Waals surface area contributed by atoms with E-state index in [2.05, 4.69) is 15.5 Å². The van der Waals surface area contributed by atoms with Crippen molar-refractivity contribution in [3.8, 4) is 0 Å². The third-order valence-electron chi connectivity index (χ3n) is 3.61. The molecule has 0 saturated heterocycles. The number of carbonyl (C=O) groups excluding carboxylic acids is 1. The zero-order valence-corrected chi connectivity index (χ0v) is 11.6. The summed E-state index contributed by atoms with van der Waals surface area (Å²) in [7, 11) is 0. The van der Waals surface area contributed by atoms with E-state index in [9.17, 15) is 4.79 Å². The standard InChI is InChI=1S/C11H16N4OS2/c12-9(16)11(14-7-1-2-7)4-3-8(5-11)18-10-15-13-6-17-10/h6-8,14H,1-5H2,(H2,12,16). The van der Waals surface area contributed by atoms with Crippen LogP contribution in [0.3, 0.4) is 0 Å². The molecule has 2 aliphatic rings. The summed E-state index contributed by atoms with van der Waals surface area (Å²) in [5.41, 5.74) is 6.86. The van der Waals surface area contributed by atoms with E-state index in [1.54, 1.807) is 28.6 Å². The van der Waals surface area contributed by atoms with Gasteiger partial charge >= 0.3 is 0 Å². The van der Waals surface area contributed by atoms with Crippen LogP contribution in [0, 0.1) is 0 Å². The Morgan fingerprint density at radius 2 is 2.39 bits per heavy atom. The van der Waals surface area contributed by atoms with Crippen molar-refractivity contribution in [1.29, 1.82) is 0 Å². The second-order valence-corrected chi connectivity index (χ2v) is 7.43. The molecule has 0 bridgehead atoms. The van der Waals surface area contributed by atoms with Crippen LogP contribution in [0.2, 0.25) is 0 Å². The van der Waals surface area contributed by atoms with Gasteiger partial charge in [0.15, 0.2) is 4.34 Å². The largest absolute Gasteiger partial charge is 0.368 e. The summed E-state index contributed by atoms with van der Waals surface area (Å²) in [6, 6.07) is 0.503. The van der Waals surface area contributed by atoms with Crippen molar-refractivity contribution in [1.82, 2.24) is 15.5 Å². The van der Waals surface area contributed by atoms with Crippen molar-refractivity contribution in [2.75, 3.05) is 0 Å². The van der Waals surface area contributed by atoms with Gasteiger partial charge in [-0.05, 0) is 32.1 Å². The lowest BCUT2D eigenvalue weighted by Gasteiger charge is -2.27. The predicted molar refractivity (Wildman–Crippen MR) is 71.5 cm³/mol. The Morgan fingerprint density at radius 1 is 1.56 bits per heavy atom.